The Morgan fingerprint density at radius 1 is 1.03 bits per heavy atom. The van der Waals surface area contributed by atoms with E-state index in [0.717, 1.165) is 11.3 Å². The molecule has 3 fully saturated rings. The quantitative estimate of drug-likeness (QED) is 0.308. The summed E-state index contributed by atoms with van der Waals surface area (Å²) in [5.74, 6) is -1.41. The zero-order valence-corrected chi connectivity index (χ0v) is 16.7. The van der Waals surface area contributed by atoms with E-state index in [-0.39, 0.29) is 46.1 Å². The lowest BCUT2D eigenvalue weighted by Crippen LogP contribution is -2.40. The maximum Gasteiger partial charge on any atom is 0.326 e. The van der Waals surface area contributed by atoms with Crippen molar-refractivity contribution in [2.24, 2.45) is 35.5 Å². The standard InChI is InChI=1S/C21H17Cl2NO5/c22-9-1-2-12(15(23)5-9)16(25)8-29-17(26)7-24-20(27)18-10-3-4-11(14-6-13(10)14)19(18)21(24)28/h1-5,10-11,13-14,18-19H,6-8H2/t10-,11-,13-,14+,18+,19+/m0/s1. The SMILES string of the molecule is O=C(CN1C(=O)[C@@H]2[C@H]3C=C[C@@H]([C@@H]4C[C@H]34)[C@H]2C1=O)OCC(=O)c1ccc(Cl)cc1Cl. The molecule has 150 valence electrons. The molecule has 4 aliphatic carbocycles. The van der Waals surface area contributed by atoms with E-state index in [1.165, 1.54) is 18.2 Å². The molecule has 0 aromatic heterocycles. The van der Waals surface area contributed by atoms with Crippen LogP contribution in [0.2, 0.25) is 10.0 Å². The normalized spacial score (nSPS) is 33.5. The summed E-state index contributed by atoms with van der Waals surface area (Å²) in [5, 5.41) is 0.547. The molecule has 5 aliphatic rings. The minimum atomic E-state index is -0.797. The Bertz CT molecular complexity index is 953. The van der Waals surface area contributed by atoms with Crippen molar-refractivity contribution in [1.82, 2.24) is 4.90 Å². The molecule has 1 saturated heterocycles. The van der Waals surface area contributed by atoms with E-state index in [0.29, 0.717) is 16.9 Å². The van der Waals surface area contributed by atoms with Crippen LogP contribution in [0, 0.1) is 35.5 Å². The van der Waals surface area contributed by atoms with Crippen LogP contribution < -0.4 is 0 Å². The molecule has 1 heterocycles. The molecular formula is C21H17Cl2NO5. The van der Waals surface area contributed by atoms with E-state index in [1.54, 1.807) is 0 Å². The highest BCUT2D eigenvalue weighted by Gasteiger charge is 2.67. The Labute approximate surface area is 176 Å². The number of ether oxygens (including phenoxy) is 1. The number of esters is 1. The molecule has 6 atom stereocenters. The molecular weight excluding hydrogens is 417 g/mol. The summed E-state index contributed by atoms with van der Waals surface area (Å²) < 4.78 is 5.01. The number of nitrogens with zero attached hydrogens (tertiary/aromatic N) is 1. The number of amides is 2. The minimum absolute atomic E-state index is 0.0982. The smallest absolute Gasteiger partial charge is 0.326 e. The van der Waals surface area contributed by atoms with Gasteiger partial charge in [0, 0.05) is 10.6 Å². The van der Waals surface area contributed by atoms with Crippen molar-refractivity contribution in [3.8, 4) is 0 Å². The van der Waals surface area contributed by atoms with Crippen molar-refractivity contribution in [2.75, 3.05) is 13.2 Å². The van der Waals surface area contributed by atoms with Gasteiger partial charge in [-0.3, -0.25) is 24.1 Å². The predicted octanol–water partition coefficient (Wildman–Crippen LogP) is 2.77. The average molecular weight is 434 g/mol. The largest absolute Gasteiger partial charge is 0.456 e. The zero-order valence-electron chi connectivity index (χ0n) is 15.2. The summed E-state index contributed by atoms with van der Waals surface area (Å²) >= 11 is 11.8. The first-order chi connectivity index (χ1) is 13.9. The molecule has 6 rings (SSSR count). The molecule has 1 aromatic rings. The molecule has 8 heteroatoms. The maximum atomic E-state index is 12.8. The van der Waals surface area contributed by atoms with Crippen LogP contribution in [-0.4, -0.2) is 41.6 Å². The summed E-state index contributed by atoms with van der Waals surface area (Å²) in [4.78, 5) is 51.2. The first kappa shape index (κ1) is 18.8. The fraction of sp³-hybridized carbons (Fsp3) is 0.429. The van der Waals surface area contributed by atoms with Gasteiger partial charge < -0.3 is 4.74 Å². The van der Waals surface area contributed by atoms with E-state index in [4.69, 9.17) is 27.9 Å². The van der Waals surface area contributed by atoms with E-state index in [1.807, 2.05) is 0 Å². The van der Waals surface area contributed by atoms with Crippen molar-refractivity contribution < 1.29 is 23.9 Å². The third-order valence-electron chi connectivity index (χ3n) is 6.64. The lowest BCUT2D eigenvalue weighted by atomic mass is 9.63. The van der Waals surface area contributed by atoms with Gasteiger partial charge in [0.1, 0.15) is 6.54 Å². The molecule has 0 unspecified atom stereocenters. The molecule has 0 N–H and O–H groups in total. The van der Waals surface area contributed by atoms with Crippen LogP contribution in [0.25, 0.3) is 0 Å². The number of hydrogen-bond acceptors (Lipinski definition) is 5. The van der Waals surface area contributed by atoms with Crippen LogP contribution in [-0.2, 0) is 19.1 Å². The second-order valence-electron chi connectivity index (χ2n) is 8.13. The van der Waals surface area contributed by atoms with Gasteiger partial charge in [-0.1, -0.05) is 35.4 Å². The number of imide groups is 1. The van der Waals surface area contributed by atoms with Gasteiger partial charge in [-0.2, -0.15) is 0 Å². The highest BCUT2D eigenvalue weighted by molar-refractivity contribution is 6.36. The van der Waals surface area contributed by atoms with Gasteiger partial charge in [-0.15, -0.1) is 0 Å². The van der Waals surface area contributed by atoms with E-state index >= 15 is 0 Å². The van der Waals surface area contributed by atoms with Crippen LogP contribution in [0.15, 0.2) is 30.4 Å². The number of carbonyl (C=O) groups excluding carboxylic acids is 4. The number of Topliss-reactive ketones (excluding diaryl/α,β-unsaturated/α-hetero) is 1. The fourth-order valence-electron chi connectivity index (χ4n) is 5.29. The molecule has 1 aliphatic heterocycles. The Morgan fingerprint density at radius 3 is 2.24 bits per heavy atom. The van der Waals surface area contributed by atoms with Crippen LogP contribution in [0.5, 0.6) is 0 Å². The molecule has 0 spiro atoms. The number of likely N-dealkylation sites (tertiary alicyclic amines) is 1. The molecule has 2 amide bonds. The summed E-state index contributed by atoms with van der Waals surface area (Å²) in [6.45, 7) is -0.999. The molecule has 0 radical (unpaired) electrons. The lowest BCUT2D eigenvalue weighted by molar-refractivity contribution is -0.152. The Kier molecular flexibility index (Phi) is 4.33. The molecule has 6 nitrogen and oxygen atoms in total. The van der Waals surface area contributed by atoms with Gasteiger partial charge in [0.2, 0.25) is 17.6 Å². The number of ketones is 1. The maximum absolute atomic E-state index is 12.8. The summed E-state index contributed by atoms with van der Waals surface area (Å²) in [7, 11) is 0. The number of hydrogen-bond donors (Lipinski definition) is 0. The van der Waals surface area contributed by atoms with E-state index < -0.39 is 24.9 Å². The van der Waals surface area contributed by atoms with Crippen LogP contribution >= 0.6 is 23.2 Å². The number of allylic oxidation sites excluding steroid dienone is 2. The number of benzene rings is 1. The van der Waals surface area contributed by atoms with Crippen LogP contribution in [0.3, 0.4) is 0 Å². The van der Waals surface area contributed by atoms with Gasteiger partial charge in [-0.05, 0) is 48.3 Å². The average Bonchev–Trinajstić information content (AvgIpc) is 3.47. The fourth-order valence-corrected chi connectivity index (χ4v) is 5.80. The van der Waals surface area contributed by atoms with Gasteiger partial charge in [0.05, 0.1) is 16.9 Å². The monoisotopic (exact) mass is 433 g/mol. The topological polar surface area (TPSA) is 80.8 Å². The second kappa shape index (κ2) is 6.67. The van der Waals surface area contributed by atoms with Gasteiger partial charge in [0.25, 0.3) is 0 Å². The van der Waals surface area contributed by atoms with E-state index in [9.17, 15) is 19.2 Å². The lowest BCUT2D eigenvalue weighted by Gasteiger charge is -2.37. The predicted molar refractivity (Wildman–Crippen MR) is 103 cm³/mol. The van der Waals surface area contributed by atoms with Crippen molar-refractivity contribution in [2.45, 2.75) is 6.42 Å². The summed E-state index contributed by atoms with van der Waals surface area (Å²) in [6.07, 6.45) is 5.22. The van der Waals surface area contributed by atoms with Crippen molar-refractivity contribution in [3.63, 3.8) is 0 Å². The molecule has 29 heavy (non-hydrogen) atoms. The van der Waals surface area contributed by atoms with E-state index in [2.05, 4.69) is 12.2 Å². The molecule has 2 bridgehead atoms. The Morgan fingerprint density at radius 2 is 1.66 bits per heavy atom. The Balaban J connectivity index is 1.22. The third kappa shape index (κ3) is 2.92. The number of carbonyl (C=O) groups is 4. The molecule has 2 saturated carbocycles. The third-order valence-corrected chi connectivity index (χ3v) is 7.18. The highest BCUT2D eigenvalue weighted by Crippen LogP contribution is 2.65. The first-order valence-electron chi connectivity index (χ1n) is 9.54. The first-order valence-corrected chi connectivity index (χ1v) is 10.3. The van der Waals surface area contributed by atoms with Crippen LogP contribution in [0.4, 0.5) is 0 Å². The summed E-state index contributed by atoms with van der Waals surface area (Å²) in [6, 6.07) is 4.39. The summed E-state index contributed by atoms with van der Waals surface area (Å²) in [5.41, 5.74) is 0.185. The van der Waals surface area contributed by atoms with Gasteiger partial charge in [-0.25, -0.2) is 0 Å². The Hall–Kier alpha value is -2.18. The number of halogens is 2. The van der Waals surface area contributed by atoms with Gasteiger partial charge >= 0.3 is 5.97 Å². The molecule has 1 aromatic carbocycles. The minimum Gasteiger partial charge on any atom is -0.456 e. The zero-order chi connectivity index (χ0) is 20.4. The van der Waals surface area contributed by atoms with Crippen molar-refractivity contribution in [1.29, 1.82) is 0 Å². The highest BCUT2D eigenvalue weighted by atomic mass is 35.5. The van der Waals surface area contributed by atoms with Gasteiger partial charge in [0.15, 0.2) is 6.61 Å². The number of rotatable bonds is 5. The van der Waals surface area contributed by atoms with Crippen LogP contribution in [0.1, 0.15) is 16.8 Å². The van der Waals surface area contributed by atoms with Crippen molar-refractivity contribution in [3.05, 3.63) is 46.0 Å². The van der Waals surface area contributed by atoms with Crippen molar-refractivity contribution >= 4 is 46.8 Å². The second-order valence-corrected chi connectivity index (χ2v) is 8.97.